The lowest BCUT2D eigenvalue weighted by atomic mass is 9.99. The van der Waals surface area contributed by atoms with Gasteiger partial charge in [-0.15, -0.1) is 0 Å². The fraction of sp³-hybridized carbons (Fsp3) is 1.00. The van der Waals surface area contributed by atoms with Gasteiger partial charge in [0.25, 0.3) is 10.2 Å². The van der Waals surface area contributed by atoms with Crippen molar-refractivity contribution in [3.05, 3.63) is 0 Å². The Kier molecular flexibility index (Phi) is 4.73. The zero-order chi connectivity index (χ0) is 12.3. The lowest BCUT2D eigenvalue weighted by Crippen LogP contribution is -2.41. The smallest absolute Gasteiger partial charge is 0.281 e. The maximum absolute atomic E-state index is 12.1. The van der Waals surface area contributed by atoms with Crippen LogP contribution in [0.15, 0.2) is 0 Å². The number of nitrogens with two attached hydrogens (primary N) is 1. The van der Waals surface area contributed by atoms with Crippen molar-refractivity contribution < 1.29 is 8.42 Å². The quantitative estimate of drug-likeness (QED) is 0.759. The van der Waals surface area contributed by atoms with Crippen LogP contribution in [0.5, 0.6) is 0 Å². The zero-order valence-electron chi connectivity index (χ0n) is 10.4. The predicted molar refractivity (Wildman–Crippen MR) is 65.2 cm³/mol. The van der Waals surface area contributed by atoms with Gasteiger partial charge in [-0.25, -0.2) is 0 Å². The van der Waals surface area contributed by atoms with Crippen LogP contribution in [0.2, 0.25) is 0 Å². The van der Waals surface area contributed by atoms with E-state index in [1.54, 1.807) is 7.05 Å². The minimum atomic E-state index is -3.29. The van der Waals surface area contributed by atoms with Gasteiger partial charge in [-0.3, -0.25) is 0 Å². The van der Waals surface area contributed by atoms with Crippen LogP contribution in [0.25, 0.3) is 0 Å². The molecular formula is C10H23N3O2S. The molecule has 2 atom stereocenters. The minimum absolute atomic E-state index is 0.0139. The fourth-order valence-electron chi connectivity index (χ4n) is 2.08. The van der Waals surface area contributed by atoms with Gasteiger partial charge >= 0.3 is 0 Å². The summed E-state index contributed by atoms with van der Waals surface area (Å²) in [6, 6.07) is -0.0139. The van der Waals surface area contributed by atoms with E-state index < -0.39 is 10.2 Å². The second-order valence-electron chi connectivity index (χ2n) is 4.45. The Balaban J connectivity index is 2.71. The lowest BCUT2D eigenvalue weighted by molar-refractivity contribution is 0.390. The number of nitrogens with zero attached hydrogens (tertiary/aromatic N) is 2. The van der Waals surface area contributed by atoms with E-state index in [9.17, 15) is 8.42 Å². The normalized spacial score (nSPS) is 27.8. The Bertz CT molecular complexity index is 318. The Morgan fingerprint density at radius 3 is 2.50 bits per heavy atom. The molecule has 1 aliphatic heterocycles. The molecule has 16 heavy (non-hydrogen) atoms. The van der Waals surface area contributed by atoms with Gasteiger partial charge in [-0.05, 0) is 12.3 Å². The van der Waals surface area contributed by atoms with Gasteiger partial charge in [0.2, 0.25) is 0 Å². The molecule has 1 rings (SSSR count). The molecule has 0 aromatic heterocycles. The molecule has 6 heteroatoms. The summed E-state index contributed by atoms with van der Waals surface area (Å²) in [7, 11) is -1.68. The first-order valence-electron chi connectivity index (χ1n) is 5.90. The van der Waals surface area contributed by atoms with E-state index in [2.05, 4.69) is 6.92 Å². The summed E-state index contributed by atoms with van der Waals surface area (Å²) in [4.78, 5) is 0. The van der Waals surface area contributed by atoms with E-state index in [4.69, 9.17) is 5.73 Å². The maximum Gasteiger partial charge on any atom is 0.281 e. The monoisotopic (exact) mass is 249 g/mol. The molecule has 0 aromatic carbocycles. The summed E-state index contributed by atoms with van der Waals surface area (Å²) >= 11 is 0. The average Bonchev–Trinajstić information content (AvgIpc) is 2.60. The number of hydrogen-bond donors (Lipinski definition) is 1. The van der Waals surface area contributed by atoms with E-state index in [0.29, 0.717) is 25.6 Å². The molecule has 0 spiro atoms. The van der Waals surface area contributed by atoms with E-state index >= 15 is 0 Å². The van der Waals surface area contributed by atoms with Crippen LogP contribution in [-0.2, 0) is 10.2 Å². The Morgan fingerprint density at radius 2 is 2.00 bits per heavy atom. The van der Waals surface area contributed by atoms with Crippen LogP contribution in [0.1, 0.15) is 26.7 Å². The van der Waals surface area contributed by atoms with Gasteiger partial charge < -0.3 is 5.73 Å². The van der Waals surface area contributed by atoms with Crippen molar-refractivity contribution in [1.29, 1.82) is 0 Å². The molecule has 0 bridgehead atoms. The third kappa shape index (κ3) is 2.74. The molecule has 96 valence electrons. The summed E-state index contributed by atoms with van der Waals surface area (Å²) in [5, 5.41) is 0. The summed E-state index contributed by atoms with van der Waals surface area (Å²) in [6.45, 7) is 5.45. The van der Waals surface area contributed by atoms with Crippen LogP contribution < -0.4 is 5.73 Å². The SMILES string of the molecule is CCC[C@H]1CN(S(=O)(=O)N(C)CC)C[C@@H]1N. The first kappa shape index (κ1) is 13.9. The topological polar surface area (TPSA) is 66.6 Å². The molecule has 0 aliphatic carbocycles. The summed E-state index contributed by atoms with van der Waals surface area (Å²) < 4.78 is 27.0. The maximum atomic E-state index is 12.1. The highest BCUT2D eigenvalue weighted by Crippen LogP contribution is 2.23. The van der Waals surface area contributed by atoms with E-state index in [1.807, 2.05) is 6.92 Å². The first-order chi connectivity index (χ1) is 7.43. The second kappa shape index (κ2) is 5.44. The highest BCUT2D eigenvalue weighted by molar-refractivity contribution is 7.86. The molecule has 0 saturated carbocycles. The molecule has 1 heterocycles. The predicted octanol–water partition coefficient (Wildman–Crippen LogP) is 0.242. The molecule has 1 saturated heterocycles. The van der Waals surface area contributed by atoms with Crippen LogP contribution in [-0.4, -0.2) is 49.8 Å². The molecular weight excluding hydrogens is 226 g/mol. The molecule has 2 N–H and O–H groups in total. The molecule has 0 radical (unpaired) electrons. The van der Waals surface area contributed by atoms with Crippen molar-refractivity contribution in [3.8, 4) is 0 Å². The molecule has 0 amide bonds. The first-order valence-corrected chi connectivity index (χ1v) is 7.30. The van der Waals surface area contributed by atoms with Crippen molar-refractivity contribution >= 4 is 10.2 Å². The Labute approximate surface area is 98.8 Å². The van der Waals surface area contributed by atoms with Crippen LogP contribution in [0.4, 0.5) is 0 Å². The summed E-state index contributed by atoms with van der Waals surface area (Å²) in [6.07, 6.45) is 2.05. The zero-order valence-corrected chi connectivity index (χ0v) is 11.2. The highest BCUT2D eigenvalue weighted by atomic mass is 32.2. The van der Waals surface area contributed by atoms with Crippen LogP contribution >= 0.6 is 0 Å². The third-order valence-corrected chi connectivity index (χ3v) is 5.28. The van der Waals surface area contributed by atoms with Crippen molar-refractivity contribution in [2.45, 2.75) is 32.7 Å². The molecule has 0 unspecified atom stereocenters. The summed E-state index contributed by atoms with van der Waals surface area (Å²) in [5.74, 6) is 0.310. The molecule has 1 fully saturated rings. The van der Waals surface area contributed by atoms with Crippen molar-refractivity contribution in [2.24, 2.45) is 11.7 Å². The average molecular weight is 249 g/mol. The lowest BCUT2D eigenvalue weighted by Gasteiger charge is -2.22. The number of rotatable bonds is 5. The van der Waals surface area contributed by atoms with Gasteiger partial charge in [0.1, 0.15) is 0 Å². The van der Waals surface area contributed by atoms with Crippen molar-refractivity contribution in [3.63, 3.8) is 0 Å². The molecule has 1 aliphatic rings. The van der Waals surface area contributed by atoms with Gasteiger partial charge in [-0.2, -0.15) is 17.0 Å². The fourth-order valence-corrected chi connectivity index (χ4v) is 3.54. The van der Waals surface area contributed by atoms with Gasteiger partial charge in [-0.1, -0.05) is 20.3 Å². The molecule has 5 nitrogen and oxygen atoms in total. The minimum Gasteiger partial charge on any atom is -0.326 e. The standard InChI is InChI=1S/C10H23N3O2S/c1-4-6-9-7-13(8-10(9)11)16(14,15)12(3)5-2/h9-10H,4-8,11H2,1-3H3/t9-,10-/m0/s1. The van der Waals surface area contributed by atoms with Gasteiger partial charge in [0.05, 0.1) is 0 Å². The largest absolute Gasteiger partial charge is 0.326 e. The Morgan fingerprint density at radius 1 is 1.38 bits per heavy atom. The second-order valence-corrected chi connectivity index (χ2v) is 6.49. The van der Waals surface area contributed by atoms with Gasteiger partial charge in [0.15, 0.2) is 0 Å². The van der Waals surface area contributed by atoms with Crippen LogP contribution in [0, 0.1) is 5.92 Å². The number of hydrogen-bond acceptors (Lipinski definition) is 3. The molecule has 0 aromatic rings. The highest BCUT2D eigenvalue weighted by Gasteiger charge is 2.37. The van der Waals surface area contributed by atoms with E-state index in [-0.39, 0.29) is 6.04 Å². The van der Waals surface area contributed by atoms with E-state index in [0.717, 1.165) is 12.8 Å². The van der Waals surface area contributed by atoms with Crippen molar-refractivity contribution in [2.75, 3.05) is 26.7 Å². The summed E-state index contributed by atoms with van der Waals surface area (Å²) in [5.41, 5.74) is 5.97. The van der Waals surface area contributed by atoms with Crippen LogP contribution in [0.3, 0.4) is 0 Å². The van der Waals surface area contributed by atoms with Crippen molar-refractivity contribution in [1.82, 2.24) is 8.61 Å². The Hall–Kier alpha value is -0.170. The van der Waals surface area contributed by atoms with E-state index in [1.165, 1.54) is 8.61 Å². The third-order valence-electron chi connectivity index (χ3n) is 3.28. The van der Waals surface area contributed by atoms with Gasteiger partial charge in [0, 0.05) is 32.7 Å².